The fraction of sp³-hybridized carbons (Fsp3) is 0.100. The van der Waals surface area contributed by atoms with Crippen LogP contribution in [0.5, 0.6) is 0 Å². The lowest BCUT2D eigenvalue weighted by atomic mass is 10.3. The van der Waals surface area contributed by atoms with Gasteiger partial charge in [0.1, 0.15) is 6.54 Å². The molecule has 5 nitrogen and oxygen atoms in total. The molecule has 0 fully saturated rings. The van der Waals surface area contributed by atoms with Gasteiger partial charge in [-0.1, -0.05) is 23.2 Å². The van der Waals surface area contributed by atoms with Gasteiger partial charge in [0.25, 0.3) is 5.56 Å². The van der Waals surface area contributed by atoms with Crippen LogP contribution in [0.1, 0.15) is 0 Å². The molecule has 2 rings (SSSR count). The number of rotatable bonds is 2. The van der Waals surface area contributed by atoms with Crippen molar-refractivity contribution in [2.45, 2.75) is 6.54 Å². The molecule has 2 aromatic rings. The maximum Gasteiger partial charge on any atom is 0.323 e. The van der Waals surface area contributed by atoms with E-state index in [9.17, 15) is 9.59 Å². The van der Waals surface area contributed by atoms with E-state index in [0.29, 0.717) is 16.1 Å². The molecule has 0 atom stereocenters. The van der Waals surface area contributed by atoms with E-state index < -0.39 is 18.1 Å². The lowest BCUT2D eigenvalue weighted by Gasteiger charge is -2.07. The predicted octanol–water partition coefficient (Wildman–Crippen LogP) is 1.79. The second kappa shape index (κ2) is 4.35. The third-order valence-electron chi connectivity index (χ3n) is 2.18. The minimum absolute atomic E-state index is 0.241. The number of benzene rings is 1. The summed E-state index contributed by atoms with van der Waals surface area (Å²) in [5.41, 5.74) is 0.257. The Morgan fingerprint density at radius 1 is 1.35 bits per heavy atom. The SMILES string of the molecule is O=C(O)Cn1c(=O)cnc2cc(Cl)c(Cl)cc21. The molecule has 0 aliphatic rings. The summed E-state index contributed by atoms with van der Waals surface area (Å²) in [5.74, 6) is -1.12. The summed E-state index contributed by atoms with van der Waals surface area (Å²) in [6.07, 6.45) is 1.05. The molecule has 88 valence electrons. The number of aliphatic carboxylic acids is 1. The van der Waals surface area contributed by atoms with Crippen molar-refractivity contribution >= 4 is 40.2 Å². The Morgan fingerprint density at radius 3 is 2.65 bits per heavy atom. The molecule has 0 saturated heterocycles. The number of aromatic nitrogens is 2. The maximum absolute atomic E-state index is 11.5. The van der Waals surface area contributed by atoms with Crippen molar-refractivity contribution < 1.29 is 9.90 Å². The van der Waals surface area contributed by atoms with Gasteiger partial charge in [-0.25, -0.2) is 4.98 Å². The van der Waals surface area contributed by atoms with Gasteiger partial charge in [-0.2, -0.15) is 0 Å². The monoisotopic (exact) mass is 272 g/mol. The van der Waals surface area contributed by atoms with Gasteiger partial charge in [-0.15, -0.1) is 0 Å². The van der Waals surface area contributed by atoms with Gasteiger partial charge in [0.2, 0.25) is 0 Å². The lowest BCUT2D eigenvalue weighted by molar-refractivity contribution is -0.137. The molecule has 0 bridgehead atoms. The maximum atomic E-state index is 11.5. The van der Waals surface area contributed by atoms with Crippen molar-refractivity contribution in [2.24, 2.45) is 0 Å². The van der Waals surface area contributed by atoms with Crippen molar-refractivity contribution in [2.75, 3.05) is 0 Å². The highest BCUT2D eigenvalue weighted by Gasteiger charge is 2.10. The largest absolute Gasteiger partial charge is 0.480 e. The Bertz CT molecular complexity index is 666. The Morgan fingerprint density at radius 2 is 2.00 bits per heavy atom. The van der Waals surface area contributed by atoms with E-state index in [1.165, 1.54) is 12.1 Å². The Hall–Kier alpha value is -1.59. The number of carboxylic acid groups (broad SMARTS) is 1. The molecule has 0 aliphatic carbocycles. The Balaban J connectivity index is 2.80. The van der Waals surface area contributed by atoms with Crippen LogP contribution in [0.2, 0.25) is 10.0 Å². The van der Waals surface area contributed by atoms with Crippen molar-refractivity contribution in [3.8, 4) is 0 Å². The number of carbonyl (C=O) groups is 1. The smallest absolute Gasteiger partial charge is 0.323 e. The van der Waals surface area contributed by atoms with Gasteiger partial charge < -0.3 is 5.11 Å². The molecule has 0 spiro atoms. The van der Waals surface area contributed by atoms with E-state index in [2.05, 4.69) is 4.98 Å². The average Bonchev–Trinajstić information content (AvgIpc) is 2.25. The molecule has 1 N–H and O–H groups in total. The molecule has 0 unspecified atom stereocenters. The molecule has 0 radical (unpaired) electrons. The van der Waals surface area contributed by atoms with Crippen LogP contribution in [-0.2, 0) is 11.3 Å². The predicted molar refractivity (Wildman–Crippen MR) is 63.7 cm³/mol. The fourth-order valence-electron chi connectivity index (χ4n) is 1.46. The number of halogens is 2. The number of carboxylic acids is 1. The topological polar surface area (TPSA) is 72.2 Å². The third-order valence-corrected chi connectivity index (χ3v) is 2.90. The first-order valence-corrected chi connectivity index (χ1v) is 5.31. The summed E-state index contributed by atoms with van der Waals surface area (Å²) in [7, 11) is 0. The van der Waals surface area contributed by atoms with Crippen LogP contribution in [0.15, 0.2) is 23.1 Å². The second-order valence-electron chi connectivity index (χ2n) is 3.33. The van der Waals surface area contributed by atoms with Gasteiger partial charge in [-0.05, 0) is 12.1 Å². The van der Waals surface area contributed by atoms with E-state index in [-0.39, 0.29) is 5.02 Å². The quantitative estimate of drug-likeness (QED) is 0.905. The summed E-state index contributed by atoms with van der Waals surface area (Å²) in [6, 6.07) is 2.91. The molecular formula is C10H6Cl2N2O3. The van der Waals surface area contributed by atoms with Crippen LogP contribution in [-0.4, -0.2) is 20.6 Å². The van der Waals surface area contributed by atoms with Crippen LogP contribution in [0.4, 0.5) is 0 Å². The highest BCUT2D eigenvalue weighted by atomic mass is 35.5. The van der Waals surface area contributed by atoms with Crippen LogP contribution in [0.3, 0.4) is 0 Å². The van der Waals surface area contributed by atoms with Crippen molar-refractivity contribution in [1.29, 1.82) is 0 Å². The van der Waals surface area contributed by atoms with Gasteiger partial charge >= 0.3 is 5.97 Å². The Kier molecular flexibility index (Phi) is 3.04. The summed E-state index contributed by atoms with van der Waals surface area (Å²) in [6.45, 7) is -0.449. The summed E-state index contributed by atoms with van der Waals surface area (Å²) in [4.78, 5) is 26.1. The molecule has 0 aliphatic heterocycles. The molecule has 1 aromatic heterocycles. The molecule has 1 aromatic carbocycles. The summed E-state index contributed by atoms with van der Waals surface area (Å²) < 4.78 is 1.08. The fourth-order valence-corrected chi connectivity index (χ4v) is 1.77. The van der Waals surface area contributed by atoms with Crippen LogP contribution in [0, 0.1) is 0 Å². The van der Waals surface area contributed by atoms with Crippen molar-refractivity contribution in [3.05, 3.63) is 38.7 Å². The first-order valence-electron chi connectivity index (χ1n) is 4.55. The molecule has 7 heteroatoms. The van der Waals surface area contributed by atoms with Gasteiger partial charge in [-0.3, -0.25) is 14.2 Å². The zero-order chi connectivity index (χ0) is 12.6. The van der Waals surface area contributed by atoms with E-state index >= 15 is 0 Å². The third kappa shape index (κ3) is 2.25. The van der Waals surface area contributed by atoms with Crippen molar-refractivity contribution in [1.82, 2.24) is 9.55 Å². The van der Waals surface area contributed by atoms with E-state index in [4.69, 9.17) is 28.3 Å². The molecule has 0 amide bonds. The highest BCUT2D eigenvalue weighted by molar-refractivity contribution is 6.42. The minimum atomic E-state index is -1.12. The van der Waals surface area contributed by atoms with Crippen LogP contribution in [0.25, 0.3) is 11.0 Å². The molecule has 0 saturated carbocycles. The zero-order valence-electron chi connectivity index (χ0n) is 8.35. The standard InChI is InChI=1S/C10H6Cl2N2O3/c11-5-1-7-8(2-6(5)12)14(4-10(16)17)9(15)3-13-7/h1-3H,4H2,(H,16,17). The second-order valence-corrected chi connectivity index (χ2v) is 4.15. The lowest BCUT2D eigenvalue weighted by Crippen LogP contribution is -2.24. The van der Waals surface area contributed by atoms with Gasteiger partial charge in [0.05, 0.1) is 27.3 Å². The number of nitrogens with zero attached hydrogens (tertiary/aromatic N) is 2. The van der Waals surface area contributed by atoms with Crippen LogP contribution < -0.4 is 5.56 Å². The number of fused-ring (bicyclic) bond motifs is 1. The summed E-state index contributed by atoms with van der Waals surface area (Å²) >= 11 is 11.6. The van der Waals surface area contributed by atoms with Gasteiger partial charge in [0, 0.05) is 0 Å². The normalized spacial score (nSPS) is 10.7. The Labute approximate surface area is 105 Å². The van der Waals surface area contributed by atoms with E-state index in [0.717, 1.165) is 10.8 Å². The van der Waals surface area contributed by atoms with E-state index in [1.54, 1.807) is 0 Å². The summed E-state index contributed by atoms with van der Waals surface area (Å²) in [5, 5.41) is 9.28. The average molecular weight is 273 g/mol. The molecular weight excluding hydrogens is 267 g/mol. The number of hydrogen-bond donors (Lipinski definition) is 1. The molecule has 1 heterocycles. The zero-order valence-corrected chi connectivity index (χ0v) is 9.87. The first-order chi connectivity index (χ1) is 7.99. The van der Waals surface area contributed by atoms with Gasteiger partial charge in [0.15, 0.2) is 0 Å². The van der Waals surface area contributed by atoms with Crippen LogP contribution >= 0.6 is 23.2 Å². The highest BCUT2D eigenvalue weighted by Crippen LogP contribution is 2.25. The first kappa shape index (κ1) is 11.9. The number of hydrogen-bond acceptors (Lipinski definition) is 3. The molecule has 17 heavy (non-hydrogen) atoms. The van der Waals surface area contributed by atoms with Crippen molar-refractivity contribution in [3.63, 3.8) is 0 Å². The minimum Gasteiger partial charge on any atom is -0.480 e. The van der Waals surface area contributed by atoms with E-state index in [1.807, 2.05) is 0 Å².